The summed E-state index contributed by atoms with van der Waals surface area (Å²) < 4.78 is 0. The van der Waals surface area contributed by atoms with Crippen LogP contribution in [0.25, 0.3) is 0 Å². The Balaban J connectivity index is 0. The minimum atomic E-state index is 0.692. The molecule has 0 unspecified atom stereocenters. The summed E-state index contributed by atoms with van der Waals surface area (Å²) in [6.45, 7) is 4.66. The first-order valence-corrected chi connectivity index (χ1v) is 5.01. The smallest absolute Gasteiger partial charge is 0.0733 e. The second kappa shape index (κ2) is 16.2. The van der Waals surface area contributed by atoms with E-state index in [0.29, 0.717) is 6.54 Å². The van der Waals surface area contributed by atoms with Crippen molar-refractivity contribution < 1.29 is 15.1 Å². The van der Waals surface area contributed by atoms with Gasteiger partial charge in [0.25, 0.3) is 0 Å². The van der Waals surface area contributed by atoms with Crippen molar-refractivity contribution in [2.24, 2.45) is 11.6 Å². The van der Waals surface area contributed by atoms with E-state index in [4.69, 9.17) is 10.9 Å². The minimum absolute atomic E-state index is 0.692. The summed E-state index contributed by atoms with van der Waals surface area (Å²) in [6.07, 6.45) is 3.24. The first kappa shape index (κ1) is 17.1. The van der Waals surface area contributed by atoms with Crippen molar-refractivity contribution in [3.05, 3.63) is 0 Å². The van der Waals surface area contributed by atoms with Crippen LogP contribution < -0.4 is 17.2 Å². The summed E-state index contributed by atoms with van der Waals surface area (Å²) in [6, 6.07) is 0. The van der Waals surface area contributed by atoms with Gasteiger partial charge < -0.3 is 10.9 Å². The number of nitrogens with two attached hydrogens (primary N) is 2. The molecule has 0 radical (unpaired) electrons. The summed E-state index contributed by atoms with van der Waals surface area (Å²) in [5, 5.41) is 8.46. The Labute approximate surface area is 91.1 Å². The molecule has 0 amide bonds. The average molecular weight is 224 g/mol. The van der Waals surface area contributed by atoms with Crippen LogP contribution in [-0.4, -0.2) is 37.0 Å². The predicted molar refractivity (Wildman–Crippen MR) is 57.4 cm³/mol. The Bertz CT molecular complexity index is 88.9. The van der Waals surface area contributed by atoms with Gasteiger partial charge in [0.1, 0.15) is 0 Å². The highest BCUT2D eigenvalue weighted by molar-refractivity contribution is 4.49. The molecule has 0 rings (SSSR count). The third-order valence-corrected chi connectivity index (χ3v) is 1.66. The lowest BCUT2D eigenvalue weighted by Gasteiger charge is -2.20. The Morgan fingerprint density at radius 3 is 2.33 bits per heavy atom. The SMILES string of the molecule is CCCCN(CCCN)NOOC.NO. The molecule has 0 fully saturated rings. The van der Waals surface area contributed by atoms with E-state index in [1.165, 1.54) is 7.11 Å². The van der Waals surface area contributed by atoms with Gasteiger partial charge in [0.05, 0.1) is 7.11 Å². The van der Waals surface area contributed by atoms with Crippen LogP contribution in [0.1, 0.15) is 26.2 Å². The molecule has 0 saturated carbocycles. The van der Waals surface area contributed by atoms with E-state index in [0.717, 1.165) is 32.4 Å². The van der Waals surface area contributed by atoms with Crippen molar-refractivity contribution in [2.75, 3.05) is 26.7 Å². The van der Waals surface area contributed by atoms with Gasteiger partial charge in [0.15, 0.2) is 0 Å². The van der Waals surface area contributed by atoms with Crippen molar-refractivity contribution >= 4 is 0 Å². The number of rotatable bonds is 9. The summed E-state index contributed by atoms with van der Waals surface area (Å²) >= 11 is 0. The fourth-order valence-corrected chi connectivity index (χ4v) is 0.924. The highest BCUT2D eigenvalue weighted by Crippen LogP contribution is 1.93. The molecule has 0 aromatic carbocycles. The lowest BCUT2D eigenvalue weighted by molar-refractivity contribution is -0.353. The fraction of sp³-hybridized carbons (Fsp3) is 1.00. The Morgan fingerprint density at radius 1 is 1.27 bits per heavy atom. The first-order valence-electron chi connectivity index (χ1n) is 5.01. The summed E-state index contributed by atoms with van der Waals surface area (Å²) in [5.74, 6) is 3.50. The van der Waals surface area contributed by atoms with Crippen LogP contribution in [0.4, 0.5) is 0 Å². The maximum Gasteiger partial charge on any atom is 0.0733 e. The van der Waals surface area contributed by atoms with Crippen LogP contribution in [0, 0.1) is 0 Å². The van der Waals surface area contributed by atoms with E-state index >= 15 is 0 Å². The molecule has 0 aromatic heterocycles. The largest absolute Gasteiger partial charge is 0.330 e. The zero-order chi connectivity index (χ0) is 11.9. The normalized spacial score (nSPS) is 10.0. The van der Waals surface area contributed by atoms with E-state index < -0.39 is 0 Å². The molecule has 0 saturated heterocycles. The number of nitrogens with zero attached hydrogens (tertiary/aromatic N) is 1. The molecule has 0 aliphatic heterocycles. The Hall–Kier alpha value is -0.280. The molecule has 0 heterocycles. The van der Waals surface area contributed by atoms with Crippen LogP contribution in [0.3, 0.4) is 0 Å². The zero-order valence-corrected chi connectivity index (χ0v) is 9.61. The molecule has 15 heavy (non-hydrogen) atoms. The molecule has 6 N–H and O–H groups in total. The van der Waals surface area contributed by atoms with Gasteiger partial charge in [-0.3, -0.25) is 0 Å². The van der Waals surface area contributed by atoms with Gasteiger partial charge in [0, 0.05) is 13.1 Å². The molecule has 0 atom stereocenters. The molecule has 0 bridgehead atoms. The zero-order valence-electron chi connectivity index (χ0n) is 9.61. The van der Waals surface area contributed by atoms with Crippen LogP contribution >= 0.6 is 0 Å². The van der Waals surface area contributed by atoms with Crippen molar-refractivity contribution in [1.29, 1.82) is 0 Å². The summed E-state index contributed by atoms with van der Waals surface area (Å²) in [4.78, 5) is 9.07. The third-order valence-electron chi connectivity index (χ3n) is 1.66. The molecule has 0 spiro atoms. The van der Waals surface area contributed by atoms with Crippen molar-refractivity contribution in [3.8, 4) is 0 Å². The summed E-state index contributed by atoms with van der Waals surface area (Å²) in [5.41, 5.74) is 8.10. The fourth-order valence-electron chi connectivity index (χ4n) is 0.924. The lowest BCUT2D eigenvalue weighted by Crippen LogP contribution is -2.39. The van der Waals surface area contributed by atoms with Gasteiger partial charge in [-0.1, -0.05) is 13.3 Å². The van der Waals surface area contributed by atoms with E-state index in [1.807, 2.05) is 5.01 Å². The maximum atomic E-state index is 6.50. The van der Waals surface area contributed by atoms with E-state index in [1.54, 1.807) is 0 Å². The molecule has 7 heteroatoms. The third kappa shape index (κ3) is 13.7. The number of unbranched alkanes of at least 4 members (excludes halogenated alkanes) is 1. The minimum Gasteiger partial charge on any atom is -0.330 e. The quantitative estimate of drug-likeness (QED) is 0.316. The van der Waals surface area contributed by atoms with Crippen LogP contribution in [0.15, 0.2) is 0 Å². The highest BCUT2D eigenvalue weighted by atomic mass is 17.3. The first-order chi connectivity index (χ1) is 7.35. The van der Waals surface area contributed by atoms with Gasteiger partial charge in [-0.2, -0.15) is 0 Å². The number of hydrogen-bond donors (Lipinski definition) is 4. The molecule has 94 valence electrons. The topological polar surface area (TPSA) is 106 Å². The van der Waals surface area contributed by atoms with Gasteiger partial charge >= 0.3 is 0 Å². The molecule has 0 aromatic rings. The van der Waals surface area contributed by atoms with Gasteiger partial charge in [-0.15, -0.1) is 10.6 Å². The highest BCUT2D eigenvalue weighted by Gasteiger charge is 2.02. The molecule has 0 aliphatic rings. The monoisotopic (exact) mass is 224 g/mol. The second-order valence-electron chi connectivity index (χ2n) is 2.82. The van der Waals surface area contributed by atoms with Crippen LogP contribution in [-0.2, 0) is 9.88 Å². The van der Waals surface area contributed by atoms with Crippen LogP contribution in [0.2, 0.25) is 0 Å². The molecule has 7 nitrogen and oxygen atoms in total. The predicted octanol–water partition coefficient (Wildman–Crippen LogP) is -0.231. The van der Waals surface area contributed by atoms with Gasteiger partial charge in [-0.25, -0.2) is 15.8 Å². The van der Waals surface area contributed by atoms with Crippen molar-refractivity contribution in [3.63, 3.8) is 0 Å². The van der Waals surface area contributed by atoms with Crippen molar-refractivity contribution in [2.45, 2.75) is 26.2 Å². The molecular formula is C8H24N4O3. The van der Waals surface area contributed by atoms with E-state index in [-0.39, 0.29) is 0 Å². The van der Waals surface area contributed by atoms with Crippen LogP contribution in [0.5, 0.6) is 0 Å². The lowest BCUT2D eigenvalue weighted by atomic mass is 10.3. The number of nitrogens with one attached hydrogen (secondary N) is 1. The maximum absolute atomic E-state index is 6.50. The average Bonchev–Trinajstić information content (AvgIpc) is 2.31. The Morgan fingerprint density at radius 2 is 1.87 bits per heavy atom. The second-order valence-corrected chi connectivity index (χ2v) is 2.82. The molecular weight excluding hydrogens is 200 g/mol. The summed E-state index contributed by atoms with van der Waals surface area (Å²) in [7, 11) is 1.47. The van der Waals surface area contributed by atoms with E-state index in [9.17, 15) is 0 Å². The number of hydrogen-bond acceptors (Lipinski definition) is 7. The van der Waals surface area contributed by atoms with E-state index in [2.05, 4.69) is 28.3 Å². The standard InChI is InChI=1S/C8H21N3O2.H3NO/c1-3-4-7-11(8-5-6-9)10-13-12-2;1-2/h10H,3-9H2,1-2H3;2H,1H2. The van der Waals surface area contributed by atoms with Gasteiger partial charge in [-0.05, 0) is 19.4 Å². The van der Waals surface area contributed by atoms with Crippen molar-refractivity contribution in [1.82, 2.24) is 10.6 Å². The molecule has 0 aliphatic carbocycles. The van der Waals surface area contributed by atoms with Gasteiger partial charge in [0.2, 0.25) is 0 Å². The number of hydrazine groups is 1. The Kier molecular flexibility index (Phi) is 18.5.